The highest BCUT2D eigenvalue weighted by Crippen LogP contribution is 2.37. The Bertz CT molecular complexity index is 1430. The zero-order valence-electron chi connectivity index (χ0n) is 17.6. The topological polar surface area (TPSA) is 69.3 Å². The van der Waals surface area contributed by atoms with Gasteiger partial charge in [-0.25, -0.2) is 0 Å². The monoisotopic (exact) mass is 530 g/mol. The van der Waals surface area contributed by atoms with E-state index in [0.29, 0.717) is 44.3 Å². The van der Waals surface area contributed by atoms with E-state index in [1.54, 1.807) is 36.4 Å². The van der Waals surface area contributed by atoms with Gasteiger partial charge in [0.2, 0.25) is 0 Å². The quantitative estimate of drug-likeness (QED) is 0.253. The van der Waals surface area contributed by atoms with Gasteiger partial charge in [0.1, 0.15) is 5.69 Å². The number of carbonyl (C=O) groups excluding carboxylic acids is 1. The first-order valence-electron chi connectivity index (χ1n) is 10.5. The van der Waals surface area contributed by atoms with E-state index in [0.717, 1.165) is 27.7 Å². The molecule has 3 aromatic carbocycles. The molecule has 1 aromatic heterocycles. The molecule has 0 saturated heterocycles. The van der Waals surface area contributed by atoms with E-state index in [-0.39, 0.29) is 5.91 Å². The molecule has 5 rings (SSSR count). The number of rotatable bonds is 5. The number of nitrogens with one attached hydrogen (secondary N) is 3. The van der Waals surface area contributed by atoms with Crippen molar-refractivity contribution < 1.29 is 4.79 Å². The maximum absolute atomic E-state index is 13.3. The molecule has 9 heteroatoms. The first-order valence-corrected chi connectivity index (χ1v) is 12.0. The molecular weight excluding hydrogens is 514 g/mol. The Morgan fingerprint density at radius 2 is 1.68 bits per heavy atom. The third-order valence-electron chi connectivity index (χ3n) is 5.70. The molecule has 0 aliphatic carbocycles. The molecule has 1 amide bonds. The third-order valence-corrected chi connectivity index (χ3v) is 6.83. The summed E-state index contributed by atoms with van der Waals surface area (Å²) in [5, 5.41) is 10.5. The van der Waals surface area contributed by atoms with Gasteiger partial charge < -0.3 is 15.7 Å². The van der Waals surface area contributed by atoms with E-state index in [4.69, 9.17) is 46.4 Å². The standard InChI is InChI=1S/C25H18Cl4N4O/c26-15-3-1-13(2-4-15)17-11-18(20(29)12-19(17)28)24(22-7-8-30-33-22)32-25(34)23-10-14-9-16(27)5-6-21(14)31-23/h1-6,9-12,24,30-31H,7-8H2,(H,32,34). The van der Waals surface area contributed by atoms with E-state index in [1.165, 1.54) is 0 Å². The molecule has 1 atom stereocenters. The Kier molecular flexibility index (Phi) is 6.45. The number of halogens is 4. The van der Waals surface area contributed by atoms with Crippen LogP contribution in [0.25, 0.3) is 22.0 Å². The van der Waals surface area contributed by atoms with Crippen molar-refractivity contribution in [2.24, 2.45) is 5.10 Å². The van der Waals surface area contributed by atoms with Gasteiger partial charge in [-0.1, -0.05) is 58.5 Å². The van der Waals surface area contributed by atoms with E-state index in [1.807, 2.05) is 24.3 Å². The zero-order chi connectivity index (χ0) is 23.8. The number of aromatic nitrogens is 1. The summed E-state index contributed by atoms with van der Waals surface area (Å²) in [7, 11) is 0. The maximum atomic E-state index is 13.3. The molecule has 0 spiro atoms. The summed E-state index contributed by atoms with van der Waals surface area (Å²) in [6.45, 7) is 0.682. The van der Waals surface area contributed by atoms with Gasteiger partial charge >= 0.3 is 0 Å². The SMILES string of the molecule is O=C(NC(C1=NNCC1)c1cc(-c2ccc(Cl)cc2)c(Cl)cc1Cl)c1cc2cc(Cl)ccc2[nH]1. The van der Waals surface area contributed by atoms with Crippen LogP contribution in [0.4, 0.5) is 0 Å². The van der Waals surface area contributed by atoms with E-state index >= 15 is 0 Å². The molecule has 0 radical (unpaired) electrons. The fourth-order valence-electron chi connectivity index (χ4n) is 4.02. The molecular formula is C25H18Cl4N4O. The van der Waals surface area contributed by atoms with Crippen molar-refractivity contribution in [1.29, 1.82) is 0 Å². The third kappa shape index (κ3) is 4.62. The van der Waals surface area contributed by atoms with Crippen LogP contribution < -0.4 is 10.7 Å². The van der Waals surface area contributed by atoms with E-state index < -0.39 is 6.04 Å². The number of hydrogen-bond donors (Lipinski definition) is 3. The van der Waals surface area contributed by atoms with Gasteiger partial charge in [0.15, 0.2) is 0 Å². The van der Waals surface area contributed by atoms with Crippen LogP contribution in [0.3, 0.4) is 0 Å². The Hall–Kier alpha value is -2.70. The molecule has 5 nitrogen and oxygen atoms in total. The van der Waals surface area contributed by atoms with Gasteiger partial charge in [-0.05, 0) is 59.7 Å². The number of H-pyrrole nitrogens is 1. The second-order valence-electron chi connectivity index (χ2n) is 7.94. The minimum atomic E-state index is -0.548. The number of hydrogen-bond acceptors (Lipinski definition) is 3. The number of amides is 1. The van der Waals surface area contributed by atoms with Crippen LogP contribution in [0.5, 0.6) is 0 Å². The van der Waals surface area contributed by atoms with Crippen molar-refractivity contribution in [1.82, 2.24) is 15.7 Å². The fraction of sp³-hybridized carbons (Fsp3) is 0.120. The van der Waals surface area contributed by atoms with Gasteiger partial charge in [-0.3, -0.25) is 4.79 Å². The molecule has 0 saturated carbocycles. The van der Waals surface area contributed by atoms with Crippen LogP contribution >= 0.6 is 46.4 Å². The number of fused-ring (bicyclic) bond motifs is 1. The van der Waals surface area contributed by atoms with E-state index in [9.17, 15) is 4.79 Å². The Morgan fingerprint density at radius 3 is 2.41 bits per heavy atom. The van der Waals surface area contributed by atoms with Crippen molar-refractivity contribution in [3.05, 3.63) is 92.0 Å². The minimum absolute atomic E-state index is 0.286. The molecule has 3 N–H and O–H groups in total. The Labute approximate surface area is 216 Å². The van der Waals surface area contributed by atoms with Crippen LogP contribution in [0.2, 0.25) is 20.1 Å². The summed E-state index contributed by atoms with van der Waals surface area (Å²) in [4.78, 5) is 16.4. The predicted octanol–water partition coefficient (Wildman–Crippen LogP) is 7.27. The highest BCUT2D eigenvalue weighted by Gasteiger charge is 2.27. The van der Waals surface area contributed by atoms with E-state index in [2.05, 4.69) is 20.8 Å². The van der Waals surface area contributed by atoms with Crippen LogP contribution in [0, 0.1) is 0 Å². The summed E-state index contributed by atoms with van der Waals surface area (Å²) in [5.74, 6) is -0.286. The highest BCUT2D eigenvalue weighted by atomic mass is 35.5. The fourth-order valence-corrected chi connectivity index (χ4v) is 4.93. The van der Waals surface area contributed by atoms with Crippen LogP contribution in [-0.2, 0) is 0 Å². The number of aromatic amines is 1. The van der Waals surface area contributed by atoms with Crippen LogP contribution in [-0.4, -0.2) is 23.1 Å². The van der Waals surface area contributed by atoms with Crippen molar-refractivity contribution in [3.8, 4) is 11.1 Å². The first kappa shape index (κ1) is 23.1. The molecule has 1 aliphatic heterocycles. The first-order chi connectivity index (χ1) is 16.4. The van der Waals surface area contributed by atoms with Gasteiger partial charge in [0.05, 0.1) is 11.8 Å². The Balaban J connectivity index is 1.54. The maximum Gasteiger partial charge on any atom is 0.268 e. The number of nitrogens with zero attached hydrogens (tertiary/aromatic N) is 1. The lowest BCUT2D eigenvalue weighted by Crippen LogP contribution is -2.34. The summed E-state index contributed by atoms with van der Waals surface area (Å²) in [5.41, 5.74) is 7.35. The summed E-state index contributed by atoms with van der Waals surface area (Å²) >= 11 is 25.3. The smallest absolute Gasteiger partial charge is 0.268 e. The summed E-state index contributed by atoms with van der Waals surface area (Å²) in [6, 6.07) is 17.6. The average molecular weight is 532 g/mol. The molecule has 4 aromatic rings. The van der Waals surface area contributed by atoms with Crippen molar-refractivity contribution in [3.63, 3.8) is 0 Å². The molecule has 34 heavy (non-hydrogen) atoms. The lowest BCUT2D eigenvalue weighted by molar-refractivity contribution is 0.0942. The largest absolute Gasteiger partial charge is 0.351 e. The molecule has 172 valence electrons. The average Bonchev–Trinajstić information content (AvgIpc) is 3.48. The molecule has 2 heterocycles. The summed E-state index contributed by atoms with van der Waals surface area (Å²) < 4.78 is 0. The van der Waals surface area contributed by atoms with Crippen molar-refractivity contribution >= 4 is 68.9 Å². The number of benzene rings is 3. The van der Waals surface area contributed by atoms with Gasteiger partial charge in [0.25, 0.3) is 5.91 Å². The summed E-state index contributed by atoms with van der Waals surface area (Å²) in [6.07, 6.45) is 0.669. The normalized spacial score (nSPS) is 14.1. The Morgan fingerprint density at radius 1 is 0.912 bits per heavy atom. The lowest BCUT2D eigenvalue weighted by Gasteiger charge is -2.21. The number of carbonyl (C=O) groups is 1. The second kappa shape index (κ2) is 9.51. The molecule has 1 unspecified atom stereocenters. The van der Waals surface area contributed by atoms with Crippen LogP contribution in [0.1, 0.15) is 28.5 Å². The predicted molar refractivity (Wildman–Crippen MR) is 140 cm³/mol. The zero-order valence-corrected chi connectivity index (χ0v) is 20.7. The van der Waals surface area contributed by atoms with Crippen molar-refractivity contribution in [2.45, 2.75) is 12.5 Å². The number of hydrazone groups is 1. The molecule has 1 aliphatic rings. The van der Waals surface area contributed by atoms with Crippen LogP contribution in [0.15, 0.2) is 65.8 Å². The highest BCUT2D eigenvalue weighted by molar-refractivity contribution is 6.37. The van der Waals surface area contributed by atoms with Gasteiger partial charge in [-0.15, -0.1) is 0 Å². The minimum Gasteiger partial charge on any atom is -0.351 e. The second-order valence-corrected chi connectivity index (χ2v) is 9.63. The lowest BCUT2D eigenvalue weighted by atomic mass is 9.95. The molecule has 0 fully saturated rings. The van der Waals surface area contributed by atoms with Gasteiger partial charge in [-0.2, -0.15) is 5.10 Å². The molecule has 0 bridgehead atoms. The van der Waals surface area contributed by atoms with Gasteiger partial charge in [0, 0.05) is 49.5 Å². The van der Waals surface area contributed by atoms with Crippen molar-refractivity contribution in [2.75, 3.05) is 6.54 Å².